The summed E-state index contributed by atoms with van der Waals surface area (Å²) in [5.41, 5.74) is 9.78. The van der Waals surface area contributed by atoms with Crippen molar-refractivity contribution in [2.24, 2.45) is 17.3 Å². The molecule has 11 atom stereocenters. The number of aromatic amines is 1. The van der Waals surface area contributed by atoms with Crippen molar-refractivity contribution in [2.75, 3.05) is 24.7 Å². The zero-order valence-corrected chi connectivity index (χ0v) is 25.6. The van der Waals surface area contributed by atoms with E-state index in [-0.39, 0.29) is 40.5 Å². The summed E-state index contributed by atoms with van der Waals surface area (Å²) in [6.45, 7) is -1.29. The van der Waals surface area contributed by atoms with Gasteiger partial charge in [0.2, 0.25) is 5.95 Å². The largest absolute Gasteiger partial charge is 0.472 e. The number of hydrogen-bond donors (Lipinski definition) is 7. The Hall–Kier alpha value is -3.80. The van der Waals surface area contributed by atoms with Crippen LogP contribution in [-0.2, 0) is 27.2 Å². The topological polar surface area (TPSA) is 311 Å². The lowest BCUT2D eigenvalue weighted by atomic mass is 9.70. The first-order valence-corrected chi connectivity index (χ1v) is 17.1. The Morgan fingerprint density at radius 1 is 0.979 bits per heavy atom. The van der Waals surface area contributed by atoms with Crippen molar-refractivity contribution in [1.82, 2.24) is 39.0 Å². The number of aliphatic hydroxyl groups is 2. The Balaban J connectivity index is 1.13. The van der Waals surface area contributed by atoms with E-state index in [4.69, 9.17) is 29.6 Å². The summed E-state index contributed by atoms with van der Waals surface area (Å²) in [4.78, 5) is 56.9. The van der Waals surface area contributed by atoms with E-state index in [1.54, 1.807) is 0 Å². The lowest BCUT2D eigenvalue weighted by Crippen LogP contribution is -2.46. The van der Waals surface area contributed by atoms with Crippen LogP contribution in [0.25, 0.3) is 22.3 Å². The van der Waals surface area contributed by atoms with Crippen LogP contribution in [0.3, 0.4) is 0 Å². The molecule has 4 aliphatic rings. The summed E-state index contributed by atoms with van der Waals surface area (Å²) in [6, 6.07) is -1.93. The molecule has 3 aliphatic carbocycles. The van der Waals surface area contributed by atoms with E-state index < -0.39 is 88.2 Å². The third kappa shape index (κ3) is 4.64. The second kappa shape index (κ2) is 10.3. The first-order valence-electron chi connectivity index (χ1n) is 14.1. The zero-order chi connectivity index (χ0) is 33.0. The average Bonchev–Trinajstić information content (AvgIpc) is 3.72. The van der Waals surface area contributed by atoms with Gasteiger partial charge in [0.25, 0.3) is 5.56 Å². The molecule has 2 unspecified atom stereocenters. The summed E-state index contributed by atoms with van der Waals surface area (Å²) in [6.07, 6.45) is -2.33. The number of imidazole rings is 2. The quantitative estimate of drug-likeness (QED) is 0.0938. The van der Waals surface area contributed by atoms with Crippen LogP contribution in [0, 0.1) is 29.1 Å². The molecule has 0 aromatic carbocycles. The maximum Gasteiger partial charge on any atom is 0.472 e. The highest BCUT2D eigenvalue weighted by Crippen LogP contribution is 2.62. The minimum atomic E-state index is -5.00. The first-order chi connectivity index (χ1) is 22.3. The highest BCUT2D eigenvalue weighted by molar-refractivity contribution is 7.47. The molecule has 5 heterocycles. The van der Waals surface area contributed by atoms with Gasteiger partial charge in [-0.05, 0) is 6.42 Å². The Morgan fingerprint density at radius 3 is 2.49 bits per heavy atom. The van der Waals surface area contributed by atoms with Crippen LogP contribution in [0.2, 0.25) is 0 Å². The normalized spacial score (nSPS) is 40.0. The smallest absolute Gasteiger partial charge is 0.388 e. The number of nitrogens with two attached hydrogens (primary N) is 2. The summed E-state index contributed by atoms with van der Waals surface area (Å²) in [5.74, 6) is 3.64. The fourth-order valence-electron chi connectivity index (χ4n) is 7.03. The second-order valence-corrected chi connectivity index (χ2v) is 14.6. The molecular weight excluding hydrogens is 666 g/mol. The first kappa shape index (κ1) is 30.5. The molecule has 0 radical (unpaired) electrons. The number of hydrogen-bond acceptors (Lipinski definition) is 16. The van der Waals surface area contributed by atoms with E-state index >= 15 is 0 Å². The molecule has 0 bridgehead atoms. The van der Waals surface area contributed by atoms with Crippen molar-refractivity contribution >= 4 is 49.7 Å². The molecule has 2 saturated carbocycles. The number of phosphoric ester groups is 2. The molecule has 248 valence electrons. The average molecular weight is 692 g/mol. The van der Waals surface area contributed by atoms with E-state index in [1.165, 1.54) is 28.1 Å². The van der Waals surface area contributed by atoms with Crippen molar-refractivity contribution in [2.45, 2.75) is 42.9 Å². The monoisotopic (exact) mass is 692 g/mol. The molecular formula is C24H26N10O11P2. The lowest BCUT2D eigenvalue weighted by Gasteiger charge is -2.39. The minimum absolute atomic E-state index is 0.00633. The van der Waals surface area contributed by atoms with Gasteiger partial charge in [0, 0.05) is 5.92 Å². The maximum absolute atomic E-state index is 13.4. The second-order valence-electron chi connectivity index (χ2n) is 11.8. The number of rotatable bonds is 2. The van der Waals surface area contributed by atoms with Gasteiger partial charge in [0.15, 0.2) is 22.6 Å². The molecule has 21 nitrogen and oxygen atoms in total. The number of aromatic nitrogens is 8. The summed E-state index contributed by atoms with van der Waals surface area (Å²) in [7, 11) is -9.99. The maximum atomic E-state index is 13.4. The standard InChI is InChI=1S/C24H26N10O11P2/c25-19-12-20(28-6-27-19)33(7-29-12)11-3-9-4-42-46(38,39)45-18-16(36)14(34-8-30-13-21(34)31-23(26)32-22(13)37)10-1-2-24(10,18)5-43-47(40,41)44-17(9)15(11)35/h6-11,14-18,35-36H,3-5H2,(H,38,39)(H,40,41)(H2,25,27,28)(H3,26,31,32,37)/t9-,10-,11-,14-,15+,16+,17-,18+,24+/m1/s1. The van der Waals surface area contributed by atoms with E-state index in [2.05, 4.69) is 41.7 Å². The van der Waals surface area contributed by atoms with E-state index in [0.717, 1.165) is 0 Å². The van der Waals surface area contributed by atoms with Gasteiger partial charge in [-0.15, -0.1) is 0 Å². The number of fused-ring (bicyclic) bond motifs is 3. The third-order valence-electron chi connectivity index (χ3n) is 9.20. The molecule has 4 aromatic heterocycles. The van der Waals surface area contributed by atoms with Gasteiger partial charge < -0.3 is 40.6 Å². The van der Waals surface area contributed by atoms with E-state index in [9.17, 15) is 33.9 Å². The van der Waals surface area contributed by atoms with Crippen LogP contribution in [-0.4, -0.2) is 96.7 Å². The molecule has 3 fully saturated rings. The predicted octanol–water partition coefficient (Wildman–Crippen LogP) is -1.40. The number of nitrogens with zero attached hydrogens (tertiary/aromatic N) is 7. The van der Waals surface area contributed by atoms with Gasteiger partial charge in [-0.3, -0.25) is 27.9 Å². The van der Waals surface area contributed by atoms with Crippen LogP contribution in [0.4, 0.5) is 11.8 Å². The minimum Gasteiger partial charge on any atom is -0.388 e. The van der Waals surface area contributed by atoms with Crippen molar-refractivity contribution in [3.63, 3.8) is 0 Å². The molecule has 1 aliphatic heterocycles. The number of nitrogens with one attached hydrogen (secondary N) is 1. The van der Waals surface area contributed by atoms with E-state index in [0.29, 0.717) is 0 Å². The van der Waals surface area contributed by atoms with Crippen LogP contribution < -0.4 is 17.0 Å². The highest BCUT2D eigenvalue weighted by Gasteiger charge is 2.67. The van der Waals surface area contributed by atoms with Gasteiger partial charge >= 0.3 is 15.6 Å². The highest BCUT2D eigenvalue weighted by atomic mass is 31.2. The Morgan fingerprint density at radius 2 is 1.72 bits per heavy atom. The van der Waals surface area contributed by atoms with Gasteiger partial charge in [0.05, 0.1) is 43.9 Å². The summed E-state index contributed by atoms with van der Waals surface area (Å²) >= 11 is 0. The number of H-pyrrole nitrogens is 1. The molecule has 9 N–H and O–H groups in total. The number of phosphoric acid groups is 2. The van der Waals surface area contributed by atoms with Gasteiger partial charge in [-0.1, -0.05) is 11.8 Å². The van der Waals surface area contributed by atoms with Crippen molar-refractivity contribution in [3.05, 3.63) is 29.3 Å². The molecule has 0 amide bonds. The molecule has 4 aromatic rings. The van der Waals surface area contributed by atoms with E-state index in [1.807, 2.05) is 0 Å². The molecule has 1 saturated heterocycles. The molecule has 47 heavy (non-hydrogen) atoms. The predicted molar refractivity (Wildman–Crippen MR) is 155 cm³/mol. The number of aliphatic hydroxyl groups excluding tert-OH is 2. The summed E-state index contributed by atoms with van der Waals surface area (Å²) < 4.78 is 51.5. The van der Waals surface area contributed by atoms with Crippen LogP contribution >= 0.6 is 15.6 Å². The molecule has 8 rings (SSSR count). The molecule has 1 spiro atoms. The Kier molecular flexibility index (Phi) is 6.72. The SMILES string of the molecule is Nc1nc2c(ncn2[C@H]2[C@H](O)[C@@H]3OP(=O)(O)OC[C@H]4C[C@@H](n5cnc6c(N)ncnc65)[C@H](O)[C@@H]4OP(=O)(O)OC[C@]34C#C[C@H]24)c(=O)[nH]1. The Bertz CT molecular complexity index is 2160. The van der Waals surface area contributed by atoms with Crippen LogP contribution in [0.5, 0.6) is 0 Å². The van der Waals surface area contributed by atoms with Crippen molar-refractivity contribution in [3.8, 4) is 11.8 Å². The lowest BCUT2D eigenvalue weighted by molar-refractivity contribution is -0.0542. The fraction of sp³-hybridized carbons (Fsp3) is 0.500. The van der Waals surface area contributed by atoms with Crippen LogP contribution in [0.15, 0.2) is 23.8 Å². The zero-order valence-electron chi connectivity index (χ0n) is 23.8. The van der Waals surface area contributed by atoms with Crippen molar-refractivity contribution in [1.29, 1.82) is 0 Å². The van der Waals surface area contributed by atoms with Gasteiger partial charge in [-0.25, -0.2) is 29.1 Å². The Labute approximate surface area is 262 Å². The third-order valence-corrected chi connectivity index (χ3v) is 11.1. The van der Waals surface area contributed by atoms with Crippen LogP contribution in [0.1, 0.15) is 18.5 Å². The van der Waals surface area contributed by atoms with Gasteiger partial charge in [0.1, 0.15) is 41.7 Å². The number of nitrogen functional groups attached to an aromatic ring is 2. The summed E-state index contributed by atoms with van der Waals surface area (Å²) in [5, 5.41) is 22.9. The molecule has 23 heteroatoms. The fourth-order valence-corrected chi connectivity index (χ4v) is 9.11. The van der Waals surface area contributed by atoms with Gasteiger partial charge in [-0.2, -0.15) is 4.98 Å². The number of anilines is 2. The van der Waals surface area contributed by atoms with Crippen molar-refractivity contribution < 1.29 is 47.2 Å².